The highest BCUT2D eigenvalue weighted by Crippen LogP contribution is 2.44. The van der Waals surface area contributed by atoms with E-state index in [9.17, 15) is 4.39 Å². The minimum absolute atomic E-state index is 0.156. The smallest absolute Gasteiger partial charge is 0.126 e. The predicted molar refractivity (Wildman–Crippen MR) is 120 cm³/mol. The Morgan fingerprint density at radius 3 is 2.27 bits per heavy atom. The standard InChI is InChI=1S/C27H27FO2/c1-4-23-24(18-9-12-21(29-2)13-10-18)15-19-11-14-22(30-3)17-25(19)26(23)16-20-7-5-6-8-27(20)28/h5-14,17,24H,4,15-16H2,1-3H3. The molecule has 154 valence electrons. The molecule has 0 N–H and O–H groups in total. The van der Waals surface area contributed by atoms with Crippen molar-refractivity contribution in [3.8, 4) is 11.5 Å². The summed E-state index contributed by atoms with van der Waals surface area (Å²) in [5.74, 6) is 1.80. The molecule has 3 aromatic carbocycles. The Hall–Kier alpha value is -3.07. The maximum atomic E-state index is 14.5. The summed E-state index contributed by atoms with van der Waals surface area (Å²) >= 11 is 0. The van der Waals surface area contributed by atoms with Crippen LogP contribution in [0.1, 0.15) is 41.5 Å². The molecule has 0 aliphatic heterocycles. The van der Waals surface area contributed by atoms with Crippen LogP contribution in [0.4, 0.5) is 4.39 Å². The minimum atomic E-state index is -0.156. The van der Waals surface area contributed by atoms with Crippen molar-refractivity contribution in [3.63, 3.8) is 0 Å². The van der Waals surface area contributed by atoms with Crippen LogP contribution >= 0.6 is 0 Å². The van der Waals surface area contributed by atoms with Gasteiger partial charge >= 0.3 is 0 Å². The third-order valence-electron chi connectivity index (χ3n) is 6.10. The number of fused-ring (bicyclic) bond motifs is 1. The van der Waals surface area contributed by atoms with Crippen molar-refractivity contribution < 1.29 is 13.9 Å². The van der Waals surface area contributed by atoms with Crippen LogP contribution in [0.5, 0.6) is 11.5 Å². The molecular weight excluding hydrogens is 375 g/mol. The number of benzene rings is 3. The van der Waals surface area contributed by atoms with Crippen LogP contribution in [0, 0.1) is 5.82 Å². The highest BCUT2D eigenvalue weighted by atomic mass is 19.1. The Balaban J connectivity index is 1.86. The number of rotatable bonds is 6. The van der Waals surface area contributed by atoms with Crippen molar-refractivity contribution in [2.45, 2.75) is 32.1 Å². The monoisotopic (exact) mass is 402 g/mol. The Morgan fingerprint density at radius 2 is 1.60 bits per heavy atom. The molecule has 3 heteroatoms. The van der Waals surface area contributed by atoms with Crippen molar-refractivity contribution in [1.82, 2.24) is 0 Å². The van der Waals surface area contributed by atoms with E-state index in [1.807, 2.05) is 30.3 Å². The molecule has 1 aliphatic carbocycles. The number of ether oxygens (including phenoxy) is 2. The predicted octanol–water partition coefficient (Wildman–Crippen LogP) is 6.59. The number of halogens is 1. The van der Waals surface area contributed by atoms with E-state index in [-0.39, 0.29) is 11.7 Å². The fraction of sp³-hybridized carbons (Fsp3) is 0.259. The summed E-state index contributed by atoms with van der Waals surface area (Å²) < 4.78 is 25.4. The van der Waals surface area contributed by atoms with Gasteiger partial charge in [0, 0.05) is 12.3 Å². The minimum Gasteiger partial charge on any atom is -0.497 e. The van der Waals surface area contributed by atoms with Crippen LogP contribution in [0.15, 0.2) is 72.3 Å². The largest absolute Gasteiger partial charge is 0.497 e. The van der Waals surface area contributed by atoms with E-state index in [4.69, 9.17) is 9.47 Å². The summed E-state index contributed by atoms with van der Waals surface area (Å²) in [6.45, 7) is 2.19. The Bertz CT molecular complexity index is 1070. The van der Waals surface area contributed by atoms with Gasteiger partial charge in [0.05, 0.1) is 14.2 Å². The fourth-order valence-corrected chi connectivity index (χ4v) is 4.52. The quantitative estimate of drug-likeness (QED) is 0.463. The summed E-state index contributed by atoms with van der Waals surface area (Å²) in [4.78, 5) is 0. The second kappa shape index (κ2) is 8.74. The lowest BCUT2D eigenvalue weighted by Gasteiger charge is -2.31. The molecule has 4 rings (SSSR count). The van der Waals surface area contributed by atoms with Gasteiger partial charge in [0.1, 0.15) is 17.3 Å². The Labute approximate surface area is 178 Å². The molecule has 0 bridgehead atoms. The first-order valence-corrected chi connectivity index (χ1v) is 10.4. The van der Waals surface area contributed by atoms with E-state index in [0.29, 0.717) is 6.42 Å². The van der Waals surface area contributed by atoms with Gasteiger partial charge < -0.3 is 9.47 Å². The number of allylic oxidation sites excluding steroid dienone is 2. The Morgan fingerprint density at radius 1 is 0.900 bits per heavy atom. The lowest BCUT2D eigenvalue weighted by molar-refractivity contribution is 0.414. The molecular formula is C27H27FO2. The van der Waals surface area contributed by atoms with Gasteiger partial charge in [0.15, 0.2) is 0 Å². The highest BCUT2D eigenvalue weighted by molar-refractivity contribution is 5.77. The third kappa shape index (κ3) is 3.85. The van der Waals surface area contributed by atoms with Gasteiger partial charge in [-0.15, -0.1) is 0 Å². The first-order chi connectivity index (χ1) is 14.6. The van der Waals surface area contributed by atoms with E-state index in [0.717, 1.165) is 29.9 Å². The van der Waals surface area contributed by atoms with Crippen LogP contribution < -0.4 is 9.47 Å². The fourth-order valence-electron chi connectivity index (χ4n) is 4.52. The summed E-state index contributed by atoms with van der Waals surface area (Å²) in [5.41, 5.74) is 7.02. The van der Waals surface area contributed by atoms with E-state index in [2.05, 4.69) is 31.2 Å². The molecule has 2 nitrogen and oxygen atoms in total. The molecule has 0 fully saturated rings. The normalized spacial score (nSPS) is 15.7. The van der Waals surface area contributed by atoms with Crippen molar-refractivity contribution in [2.75, 3.05) is 14.2 Å². The van der Waals surface area contributed by atoms with E-state index in [1.54, 1.807) is 20.3 Å². The zero-order valence-corrected chi connectivity index (χ0v) is 17.7. The molecule has 3 aromatic rings. The molecule has 0 spiro atoms. The zero-order valence-electron chi connectivity index (χ0n) is 17.7. The van der Waals surface area contributed by atoms with Crippen LogP contribution in [0.25, 0.3) is 5.57 Å². The van der Waals surface area contributed by atoms with E-state index in [1.165, 1.54) is 33.9 Å². The number of methoxy groups -OCH3 is 2. The van der Waals surface area contributed by atoms with Gasteiger partial charge in [-0.05, 0) is 71.0 Å². The van der Waals surface area contributed by atoms with Gasteiger partial charge in [-0.2, -0.15) is 0 Å². The topological polar surface area (TPSA) is 18.5 Å². The van der Waals surface area contributed by atoms with Gasteiger partial charge in [0.25, 0.3) is 0 Å². The van der Waals surface area contributed by atoms with E-state index >= 15 is 0 Å². The van der Waals surface area contributed by atoms with Crippen LogP contribution in [0.3, 0.4) is 0 Å². The molecule has 1 atom stereocenters. The van der Waals surface area contributed by atoms with Gasteiger partial charge in [-0.25, -0.2) is 4.39 Å². The average molecular weight is 403 g/mol. The first-order valence-electron chi connectivity index (χ1n) is 10.4. The summed E-state index contributed by atoms with van der Waals surface area (Å²) in [6, 6.07) is 21.7. The van der Waals surface area contributed by atoms with Gasteiger partial charge in [-0.3, -0.25) is 0 Å². The van der Waals surface area contributed by atoms with Gasteiger partial charge in [0.2, 0.25) is 0 Å². The second-order valence-electron chi connectivity index (χ2n) is 7.68. The maximum absolute atomic E-state index is 14.5. The molecule has 30 heavy (non-hydrogen) atoms. The van der Waals surface area contributed by atoms with Crippen molar-refractivity contribution in [2.24, 2.45) is 0 Å². The lowest BCUT2D eigenvalue weighted by Crippen LogP contribution is -2.16. The first kappa shape index (κ1) is 20.2. The third-order valence-corrected chi connectivity index (χ3v) is 6.10. The van der Waals surface area contributed by atoms with Crippen LogP contribution in [-0.4, -0.2) is 14.2 Å². The number of hydrogen-bond donors (Lipinski definition) is 0. The molecule has 1 unspecified atom stereocenters. The maximum Gasteiger partial charge on any atom is 0.126 e. The van der Waals surface area contributed by atoms with Crippen LogP contribution in [-0.2, 0) is 12.8 Å². The highest BCUT2D eigenvalue weighted by Gasteiger charge is 2.28. The summed E-state index contributed by atoms with van der Waals surface area (Å²) in [6.07, 6.45) is 2.41. The van der Waals surface area contributed by atoms with Crippen molar-refractivity contribution in [3.05, 3.63) is 100 Å². The molecule has 0 saturated heterocycles. The summed E-state index contributed by atoms with van der Waals surface area (Å²) in [7, 11) is 3.37. The SMILES string of the molecule is CCC1=C(Cc2ccccc2F)c2cc(OC)ccc2CC1c1ccc(OC)cc1. The number of hydrogen-bond acceptors (Lipinski definition) is 2. The lowest BCUT2D eigenvalue weighted by atomic mass is 9.73. The molecule has 1 aliphatic rings. The second-order valence-corrected chi connectivity index (χ2v) is 7.68. The molecule has 0 aromatic heterocycles. The molecule has 0 radical (unpaired) electrons. The molecule has 0 heterocycles. The van der Waals surface area contributed by atoms with Crippen molar-refractivity contribution in [1.29, 1.82) is 0 Å². The van der Waals surface area contributed by atoms with Gasteiger partial charge in [-0.1, -0.05) is 48.9 Å². The summed E-state index contributed by atoms with van der Waals surface area (Å²) in [5, 5.41) is 0. The molecule has 0 amide bonds. The van der Waals surface area contributed by atoms with Crippen LogP contribution in [0.2, 0.25) is 0 Å². The average Bonchev–Trinajstić information content (AvgIpc) is 2.80. The molecule has 0 saturated carbocycles. The van der Waals surface area contributed by atoms with E-state index < -0.39 is 0 Å². The Kier molecular flexibility index (Phi) is 5.89. The zero-order chi connectivity index (χ0) is 21.1. The van der Waals surface area contributed by atoms with Crippen molar-refractivity contribution >= 4 is 5.57 Å².